The Labute approximate surface area is 149 Å². The predicted octanol–water partition coefficient (Wildman–Crippen LogP) is 4.00. The van der Waals surface area contributed by atoms with Gasteiger partial charge in [-0.25, -0.2) is 0 Å². The van der Waals surface area contributed by atoms with Crippen molar-refractivity contribution in [2.24, 2.45) is 0 Å². The van der Waals surface area contributed by atoms with E-state index in [2.05, 4.69) is 22.8 Å². The van der Waals surface area contributed by atoms with Gasteiger partial charge in [0, 0.05) is 29.1 Å². The van der Waals surface area contributed by atoms with Crippen molar-refractivity contribution in [3.05, 3.63) is 68.2 Å². The lowest BCUT2D eigenvalue weighted by Crippen LogP contribution is -2.39. The Morgan fingerprint density at radius 1 is 1.30 bits per heavy atom. The highest BCUT2D eigenvalue weighted by atomic mass is 35.5. The fourth-order valence-electron chi connectivity index (χ4n) is 2.78. The van der Waals surface area contributed by atoms with Gasteiger partial charge in [0.25, 0.3) is 5.91 Å². The summed E-state index contributed by atoms with van der Waals surface area (Å²) in [5, 5.41) is 6.13. The van der Waals surface area contributed by atoms with Gasteiger partial charge in [0.05, 0.1) is 4.36 Å². The third kappa shape index (κ3) is 4.14. The van der Waals surface area contributed by atoms with E-state index in [1.165, 1.54) is 28.4 Å². The molecule has 2 aliphatic rings. The average Bonchev–Trinajstić information content (AvgIpc) is 2.97. The van der Waals surface area contributed by atoms with Crippen molar-refractivity contribution >= 4 is 40.9 Å². The van der Waals surface area contributed by atoms with Gasteiger partial charge in [-0.3, -0.25) is 4.79 Å². The molecule has 0 atom stereocenters. The third-order valence-corrected chi connectivity index (χ3v) is 5.50. The van der Waals surface area contributed by atoms with E-state index in [-0.39, 0.29) is 11.9 Å². The highest BCUT2D eigenvalue weighted by Crippen LogP contribution is 2.32. The predicted molar refractivity (Wildman–Crippen MR) is 97.1 cm³/mol. The molecule has 0 saturated heterocycles. The SMILES string of the molecule is O=C(NC1Cc2ccccc2C1)C1=CCC(S/C(Cl)=C/Cl)=CN1. The maximum Gasteiger partial charge on any atom is 0.267 e. The Hall–Kier alpha value is -1.36. The van der Waals surface area contributed by atoms with E-state index in [0.29, 0.717) is 16.5 Å². The van der Waals surface area contributed by atoms with Gasteiger partial charge in [-0.1, -0.05) is 65.3 Å². The lowest BCUT2D eigenvalue weighted by molar-refractivity contribution is -0.118. The zero-order valence-corrected chi connectivity index (χ0v) is 14.6. The van der Waals surface area contributed by atoms with Crippen LogP contribution in [0.2, 0.25) is 0 Å². The number of halogens is 2. The second-order valence-electron chi connectivity index (χ2n) is 5.44. The van der Waals surface area contributed by atoms with Crippen molar-refractivity contribution in [2.45, 2.75) is 25.3 Å². The molecule has 0 aromatic heterocycles. The Morgan fingerprint density at radius 2 is 2.00 bits per heavy atom. The Bertz CT molecular complexity index is 687. The van der Waals surface area contributed by atoms with E-state index in [9.17, 15) is 4.79 Å². The molecule has 6 heteroatoms. The van der Waals surface area contributed by atoms with Gasteiger partial charge in [-0.2, -0.15) is 0 Å². The van der Waals surface area contributed by atoms with Crippen LogP contribution in [0.3, 0.4) is 0 Å². The summed E-state index contributed by atoms with van der Waals surface area (Å²) >= 11 is 12.8. The molecule has 0 spiro atoms. The van der Waals surface area contributed by atoms with Crippen LogP contribution in [-0.2, 0) is 17.6 Å². The molecule has 1 aromatic carbocycles. The number of carbonyl (C=O) groups is 1. The molecule has 3 nitrogen and oxygen atoms in total. The molecule has 1 aliphatic heterocycles. The quantitative estimate of drug-likeness (QED) is 0.845. The largest absolute Gasteiger partial charge is 0.357 e. The van der Waals surface area contributed by atoms with Gasteiger partial charge in [0.15, 0.2) is 0 Å². The first kappa shape index (κ1) is 16.5. The third-order valence-electron chi connectivity index (χ3n) is 3.84. The lowest BCUT2D eigenvalue weighted by Gasteiger charge is -2.17. The maximum absolute atomic E-state index is 12.4. The van der Waals surface area contributed by atoms with E-state index in [4.69, 9.17) is 23.2 Å². The monoisotopic (exact) mass is 366 g/mol. The van der Waals surface area contributed by atoms with Crippen LogP contribution in [0.15, 0.2) is 57.0 Å². The van der Waals surface area contributed by atoms with E-state index in [0.717, 1.165) is 17.7 Å². The molecule has 0 bridgehead atoms. The molecule has 0 saturated carbocycles. The fraction of sp³-hybridized carbons (Fsp3) is 0.235. The number of carbonyl (C=O) groups excluding carboxylic acids is 1. The van der Waals surface area contributed by atoms with Crippen LogP contribution in [0.1, 0.15) is 17.5 Å². The first-order valence-electron chi connectivity index (χ1n) is 7.33. The molecule has 1 aliphatic carbocycles. The van der Waals surface area contributed by atoms with E-state index < -0.39 is 0 Å². The van der Waals surface area contributed by atoms with Crippen molar-refractivity contribution in [1.29, 1.82) is 0 Å². The smallest absolute Gasteiger partial charge is 0.267 e. The number of rotatable bonds is 4. The number of allylic oxidation sites excluding steroid dienone is 2. The number of thioether (sulfide) groups is 1. The summed E-state index contributed by atoms with van der Waals surface area (Å²) in [6.07, 6.45) is 6.11. The Balaban J connectivity index is 1.53. The first-order chi connectivity index (χ1) is 11.2. The minimum atomic E-state index is -0.0675. The normalized spacial score (nSPS) is 17.9. The summed E-state index contributed by atoms with van der Waals surface area (Å²) in [7, 11) is 0. The summed E-state index contributed by atoms with van der Waals surface area (Å²) in [6, 6.07) is 8.49. The summed E-state index contributed by atoms with van der Waals surface area (Å²) in [5.74, 6) is -0.0675. The minimum Gasteiger partial charge on any atom is -0.357 e. The number of nitrogens with one attached hydrogen (secondary N) is 2. The van der Waals surface area contributed by atoms with Gasteiger partial charge < -0.3 is 10.6 Å². The van der Waals surface area contributed by atoms with Crippen molar-refractivity contribution in [2.75, 3.05) is 0 Å². The van der Waals surface area contributed by atoms with Gasteiger partial charge in [0.2, 0.25) is 0 Å². The molecular formula is C17H16Cl2N2OS. The van der Waals surface area contributed by atoms with Crippen LogP contribution in [0.4, 0.5) is 0 Å². The second-order valence-corrected chi connectivity index (χ2v) is 7.46. The van der Waals surface area contributed by atoms with Gasteiger partial charge >= 0.3 is 0 Å². The number of benzene rings is 1. The molecule has 0 radical (unpaired) electrons. The molecule has 0 fully saturated rings. The van der Waals surface area contributed by atoms with Crippen LogP contribution < -0.4 is 10.6 Å². The molecule has 23 heavy (non-hydrogen) atoms. The highest BCUT2D eigenvalue weighted by molar-refractivity contribution is 8.08. The topological polar surface area (TPSA) is 41.1 Å². The van der Waals surface area contributed by atoms with Crippen molar-refractivity contribution < 1.29 is 4.79 Å². The van der Waals surface area contributed by atoms with Gasteiger partial charge in [-0.05, 0) is 24.0 Å². The molecule has 120 valence electrons. The maximum atomic E-state index is 12.4. The fourth-order valence-corrected chi connectivity index (χ4v) is 3.79. The summed E-state index contributed by atoms with van der Waals surface area (Å²) in [4.78, 5) is 13.4. The average molecular weight is 367 g/mol. The summed E-state index contributed by atoms with van der Waals surface area (Å²) < 4.78 is 0.504. The number of fused-ring (bicyclic) bond motifs is 1. The second kappa shape index (κ2) is 7.47. The standard InChI is InChI=1S/C17H16Cl2N2OS/c18-9-16(19)23-14-5-6-15(20-10-14)17(22)21-13-7-11-3-1-2-4-12(11)8-13/h1-4,6,9-10,13,20H,5,7-8H2,(H,21,22)/b16-9+. The van der Waals surface area contributed by atoms with E-state index in [1.54, 1.807) is 6.20 Å². The number of hydrogen-bond donors (Lipinski definition) is 2. The number of amides is 1. The van der Waals surface area contributed by atoms with Gasteiger partial charge in [0.1, 0.15) is 5.70 Å². The number of hydrogen-bond acceptors (Lipinski definition) is 3. The zero-order chi connectivity index (χ0) is 16.2. The Morgan fingerprint density at radius 3 is 2.57 bits per heavy atom. The molecule has 2 N–H and O–H groups in total. The van der Waals surface area contributed by atoms with Gasteiger partial charge in [-0.15, -0.1) is 0 Å². The molecular weight excluding hydrogens is 351 g/mol. The summed E-state index contributed by atoms with van der Waals surface area (Å²) in [5.41, 5.74) is 4.56. The van der Waals surface area contributed by atoms with Crippen molar-refractivity contribution in [1.82, 2.24) is 10.6 Å². The minimum absolute atomic E-state index is 0.0675. The Kier molecular flexibility index (Phi) is 5.36. The van der Waals surface area contributed by atoms with Crippen molar-refractivity contribution in [3.8, 4) is 0 Å². The van der Waals surface area contributed by atoms with E-state index >= 15 is 0 Å². The van der Waals surface area contributed by atoms with Crippen LogP contribution >= 0.6 is 35.0 Å². The van der Waals surface area contributed by atoms with Crippen LogP contribution in [0.25, 0.3) is 0 Å². The van der Waals surface area contributed by atoms with Crippen LogP contribution in [0, 0.1) is 0 Å². The summed E-state index contributed by atoms with van der Waals surface area (Å²) in [6.45, 7) is 0. The highest BCUT2D eigenvalue weighted by Gasteiger charge is 2.24. The van der Waals surface area contributed by atoms with Crippen molar-refractivity contribution in [3.63, 3.8) is 0 Å². The molecule has 1 heterocycles. The molecule has 0 unspecified atom stereocenters. The van der Waals surface area contributed by atoms with Crippen LogP contribution in [0.5, 0.6) is 0 Å². The number of dihydropyridines is 1. The molecule has 1 amide bonds. The first-order valence-corrected chi connectivity index (χ1v) is 8.96. The van der Waals surface area contributed by atoms with Crippen LogP contribution in [-0.4, -0.2) is 11.9 Å². The van der Waals surface area contributed by atoms with E-state index in [1.807, 2.05) is 18.2 Å². The molecule has 1 aromatic rings. The zero-order valence-electron chi connectivity index (χ0n) is 12.3. The molecule has 3 rings (SSSR count). The lowest BCUT2D eigenvalue weighted by atomic mass is 10.1.